The van der Waals surface area contributed by atoms with Crippen molar-refractivity contribution >= 4 is 11.8 Å². The van der Waals surface area contributed by atoms with Crippen molar-refractivity contribution in [2.24, 2.45) is 17.6 Å². The van der Waals surface area contributed by atoms with Gasteiger partial charge in [-0.25, -0.2) is 0 Å². The molecule has 1 saturated heterocycles. The van der Waals surface area contributed by atoms with E-state index in [4.69, 9.17) is 5.73 Å². The second kappa shape index (κ2) is 5.99. The van der Waals surface area contributed by atoms with Crippen LogP contribution in [-0.4, -0.2) is 42.1 Å². The number of thioether (sulfide) groups is 1. The van der Waals surface area contributed by atoms with Crippen LogP contribution in [0.2, 0.25) is 0 Å². The highest BCUT2D eigenvalue weighted by Crippen LogP contribution is 2.20. The van der Waals surface area contributed by atoms with Gasteiger partial charge in [0, 0.05) is 30.6 Å². The first-order valence-electron chi connectivity index (χ1n) is 5.67. The molecule has 0 saturated carbocycles. The van der Waals surface area contributed by atoms with Crippen LogP contribution in [0.5, 0.6) is 0 Å². The van der Waals surface area contributed by atoms with Gasteiger partial charge in [0.05, 0.1) is 0 Å². The quantitative estimate of drug-likeness (QED) is 0.775. The summed E-state index contributed by atoms with van der Waals surface area (Å²) < 4.78 is 0. The Bertz CT molecular complexity index is 161. The van der Waals surface area contributed by atoms with Gasteiger partial charge in [-0.2, -0.15) is 11.8 Å². The molecule has 0 amide bonds. The fourth-order valence-corrected chi connectivity index (χ4v) is 3.03. The van der Waals surface area contributed by atoms with Gasteiger partial charge in [-0.3, -0.25) is 0 Å². The molecule has 0 radical (unpaired) electrons. The number of hydrogen-bond donors (Lipinski definition) is 1. The maximum Gasteiger partial charge on any atom is 0.0147 e. The normalized spacial score (nSPS) is 26.8. The molecule has 2 nitrogen and oxygen atoms in total. The summed E-state index contributed by atoms with van der Waals surface area (Å²) >= 11 is 2.09. The fraction of sp³-hybridized carbons (Fsp3) is 1.00. The highest BCUT2D eigenvalue weighted by atomic mass is 32.2. The Morgan fingerprint density at radius 3 is 2.71 bits per heavy atom. The fourth-order valence-electron chi connectivity index (χ4n) is 1.95. The van der Waals surface area contributed by atoms with Gasteiger partial charge in [-0.15, -0.1) is 0 Å². The van der Waals surface area contributed by atoms with Crippen molar-refractivity contribution in [1.29, 1.82) is 0 Å². The standard InChI is InChI=1S/C11H24N2S/c1-9(2)11(6-12)8-13-4-5-14-10(3)7-13/h9-11H,4-8,12H2,1-3H3. The molecular formula is C11H24N2S. The minimum atomic E-state index is 0.672. The molecule has 0 aliphatic carbocycles. The Morgan fingerprint density at radius 1 is 1.50 bits per heavy atom. The van der Waals surface area contributed by atoms with Gasteiger partial charge in [0.25, 0.3) is 0 Å². The van der Waals surface area contributed by atoms with Crippen molar-refractivity contribution in [2.45, 2.75) is 26.0 Å². The molecule has 2 N–H and O–H groups in total. The minimum absolute atomic E-state index is 0.672. The first-order chi connectivity index (χ1) is 6.63. The Balaban J connectivity index is 2.33. The van der Waals surface area contributed by atoms with E-state index in [9.17, 15) is 0 Å². The Kier molecular flexibility index (Phi) is 5.28. The molecule has 0 spiro atoms. The molecule has 1 rings (SSSR count). The van der Waals surface area contributed by atoms with E-state index >= 15 is 0 Å². The van der Waals surface area contributed by atoms with Crippen molar-refractivity contribution in [2.75, 3.05) is 31.9 Å². The highest BCUT2D eigenvalue weighted by Gasteiger charge is 2.20. The molecule has 1 fully saturated rings. The largest absolute Gasteiger partial charge is 0.330 e. The van der Waals surface area contributed by atoms with E-state index in [0.717, 1.165) is 11.8 Å². The zero-order chi connectivity index (χ0) is 10.6. The van der Waals surface area contributed by atoms with Crippen LogP contribution in [0.1, 0.15) is 20.8 Å². The van der Waals surface area contributed by atoms with Crippen molar-refractivity contribution in [3.63, 3.8) is 0 Å². The van der Waals surface area contributed by atoms with Crippen LogP contribution in [-0.2, 0) is 0 Å². The third kappa shape index (κ3) is 3.79. The van der Waals surface area contributed by atoms with Gasteiger partial charge in [0.2, 0.25) is 0 Å². The first kappa shape index (κ1) is 12.3. The van der Waals surface area contributed by atoms with Crippen LogP contribution < -0.4 is 5.73 Å². The van der Waals surface area contributed by atoms with E-state index in [-0.39, 0.29) is 0 Å². The van der Waals surface area contributed by atoms with Crippen LogP contribution in [0.25, 0.3) is 0 Å². The lowest BCUT2D eigenvalue weighted by atomic mass is 9.95. The molecule has 0 aromatic carbocycles. The molecule has 1 aliphatic rings. The van der Waals surface area contributed by atoms with Crippen LogP contribution >= 0.6 is 11.8 Å². The molecule has 0 aromatic rings. The van der Waals surface area contributed by atoms with Crippen molar-refractivity contribution in [1.82, 2.24) is 4.90 Å². The van der Waals surface area contributed by atoms with E-state index in [2.05, 4.69) is 37.4 Å². The maximum atomic E-state index is 5.79. The van der Waals surface area contributed by atoms with Crippen LogP contribution in [0.4, 0.5) is 0 Å². The zero-order valence-electron chi connectivity index (χ0n) is 9.70. The lowest BCUT2D eigenvalue weighted by Gasteiger charge is -2.34. The molecule has 84 valence electrons. The van der Waals surface area contributed by atoms with E-state index in [1.165, 1.54) is 25.4 Å². The summed E-state index contributed by atoms with van der Waals surface area (Å²) in [4.78, 5) is 2.58. The van der Waals surface area contributed by atoms with Crippen LogP contribution in [0.15, 0.2) is 0 Å². The minimum Gasteiger partial charge on any atom is -0.330 e. The molecular weight excluding hydrogens is 192 g/mol. The number of hydrogen-bond acceptors (Lipinski definition) is 3. The number of rotatable bonds is 4. The smallest absolute Gasteiger partial charge is 0.0147 e. The van der Waals surface area contributed by atoms with Crippen molar-refractivity contribution < 1.29 is 0 Å². The van der Waals surface area contributed by atoms with Gasteiger partial charge in [-0.05, 0) is 18.4 Å². The molecule has 0 bridgehead atoms. The van der Waals surface area contributed by atoms with E-state index in [1.54, 1.807) is 0 Å². The summed E-state index contributed by atoms with van der Waals surface area (Å²) in [7, 11) is 0. The van der Waals surface area contributed by atoms with E-state index in [1.807, 2.05) is 0 Å². The van der Waals surface area contributed by atoms with Gasteiger partial charge >= 0.3 is 0 Å². The average molecular weight is 216 g/mol. The van der Waals surface area contributed by atoms with Crippen molar-refractivity contribution in [3.8, 4) is 0 Å². The van der Waals surface area contributed by atoms with Gasteiger partial charge in [0.1, 0.15) is 0 Å². The monoisotopic (exact) mass is 216 g/mol. The average Bonchev–Trinajstić information content (AvgIpc) is 2.14. The second-order valence-corrected chi connectivity index (χ2v) is 6.23. The molecule has 3 heteroatoms. The Labute approximate surface area is 92.6 Å². The number of nitrogens with zero attached hydrogens (tertiary/aromatic N) is 1. The third-order valence-electron chi connectivity index (χ3n) is 3.06. The summed E-state index contributed by atoms with van der Waals surface area (Å²) in [5.41, 5.74) is 5.79. The summed E-state index contributed by atoms with van der Waals surface area (Å²) in [5.74, 6) is 2.67. The SMILES string of the molecule is CC1CN(CC(CN)C(C)C)CCS1. The summed E-state index contributed by atoms with van der Waals surface area (Å²) in [5, 5.41) is 0.800. The molecule has 2 atom stereocenters. The van der Waals surface area contributed by atoms with Crippen LogP contribution in [0, 0.1) is 11.8 Å². The summed E-state index contributed by atoms with van der Waals surface area (Å²) in [6.45, 7) is 11.4. The van der Waals surface area contributed by atoms with E-state index < -0.39 is 0 Å². The Morgan fingerprint density at radius 2 is 2.21 bits per heavy atom. The molecule has 1 heterocycles. The lowest BCUT2D eigenvalue weighted by Crippen LogP contribution is -2.42. The van der Waals surface area contributed by atoms with Crippen molar-refractivity contribution in [3.05, 3.63) is 0 Å². The van der Waals surface area contributed by atoms with Crippen LogP contribution in [0.3, 0.4) is 0 Å². The number of nitrogens with two attached hydrogens (primary N) is 1. The Hall–Kier alpha value is 0.270. The first-order valence-corrected chi connectivity index (χ1v) is 6.72. The van der Waals surface area contributed by atoms with E-state index in [0.29, 0.717) is 11.8 Å². The predicted molar refractivity (Wildman–Crippen MR) is 65.7 cm³/mol. The predicted octanol–water partition coefficient (Wildman–Crippen LogP) is 1.65. The lowest BCUT2D eigenvalue weighted by molar-refractivity contribution is 0.212. The van der Waals surface area contributed by atoms with Gasteiger partial charge < -0.3 is 10.6 Å². The molecule has 14 heavy (non-hydrogen) atoms. The molecule has 2 unspecified atom stereocenters. The second-order valence-electron chi connectivity index (χ2n) is 4.68. The van der Waals surface area contributed by atoms with Gasteiger partial charge in [-0.1, -0.05) is 20.8 Å². The summed E-state index contributed by atoms with van der Waals surface area (Å²) in [6, 6.07) is 0. The highest BCUT2D eigenvalue weighted by molar-refractivity contribution is 7.99. The van der Waals surface area contributed by atoms with Gasteiger partial charge in [0.15, 0.2) is 0 Å². The maximum absolute atomic E-state index is 5.79. The summed E-state index contributed by atoms with van der Waals surface area (Å²) in [6.07, 6.45) is 0. The third-order valence-corrected chi connectivity index (χ3v) is 4.20. The zero-order valence-corrected chi connectivity index (χ0v) is 10.5. The topological polar surface area (TPSA) is 29.3 Å². The molecule has 1 aliphatic heterocycles. The molecule has 0 aromatic heterocycles.